The first-order valence-electron chi connectivity index (χ1n) is 3.99. The summed E-state index contributed by atoms with van der Waals surface area (Å²) in [6.07, 6.45) is 0. The Kier molecular flexibility index (Phi) is 3.62. The zero-order chi connectivity index (χ0) is 10.1. The van der Waals surface area contributed by atoms with Crippen molar-refractivity contribution in [3.05, 3.63) is 28.8 Å². The highest BCUT2D eigenvalue weighted by Crippen LogP contribution is 2.23. The van der Waals surface area contributed by atoms with E-state index in [1.165, 1.54) is 5.12 Å². The predicted octanol–water partition coefficient (Wildman–Crippen LogP) is 1.56. The van der Waals surface area contributed by atoms with Gasteiger partial charge in [-0.2, -0.15) is 5.12 Å². The zero-order valence-corrected chi connectivity index (χ0v) is 9.47. The normalized spacial score (nSPS) is 14.3. The number of anilines is 1. The second-order valence-corrected chi connectivity index (χ2v) is 3.31. The molecule has 0 unspecified atom stereocenters. The van der Waals surface area contributed by atoms with E-state index in [9.17, 15) is 0 Å². The van der Waals surface area contributed by atoms with Gasteiger partial charge in [-0.1, -0.05) is 16.7 Å². The van der Waals surface area contributed by atoms with Gasteiger partial charge < -0.3 is 10.6 Å². The minimum atomic E-state index is 0. The fourth-order valence-electron chi connectivity index (χ4n) is 1.19. The van der Waals surface area contributed by atoms with Crippen LogP contribution in [0.2, 0.25) is 5.02 Å². The van der Waals surface area contributed by atoms with E-state index < -0.39 is 0 Å². The van der Waals surface area contributed by atoms with E-state index in [0.29, 0.717) is 5.02 Å². The van der Waals surface area contributed by atoms with Crippen molar-refractivity contribution in [2.45, 2.75) is 6.92 Å². The van der Waals surface area contributed by atoms with Gasteiger partial charge in [0.25, 0.3) is 0 Å². The molecule has 1 aromatic rings. The summed E-state index contributed by atoms with van der Waals surface area (Å²) in [6.45, 7) is 1.92. The highest BCUT2D eigenvalue weighted by Gasteiger charge is 2.15. The van der Waals surface area contributed by atoms with Crippen LogP contribution in [-0.2, 0) is 4.84 Å². The summed E-state index contributed by atoms with van der Waals surface area (Å²) < 4.78 is 0. The lowest BCUT2D eigenvalue weighted by molar-refractivity contribution is 0.199. The summed E-state index contributed by atoms with van der Waals surface area (Å²) >= 11 is 5.82. The largest absolute Gasteiger partial charge is 0.351 e. The number of hydrogen-bond acceptors (Lipinski definition) is 5. The first-order valence-corrected chi connectivity index (χ1v) is 4.37. The topological polar surface area (TPSA) is 62.9 Å². The Morgan fingerprint density at radius 3 is 2.80 bits per heavy atom. The van der Waals surface area contributed by atoms with Gasteiger partial charge in [0.15, 0.2) is 0 Å². The Hall–Kier alpha value is -1.17. The third-order valence-electron chi connectivity index (χ3n) is 1.82. The first-order chi connectivity index (χ1) is 6.66. The lowest BCUT2D eigenvalue weighted by atomic mass is 10.2. The van der Waals surface area contributed by atoms with Crippen LogP contribution in [-0.4, -0.2) is 6.02 Å². The summed E-state index contributed by atoms with van der Waals surface area (Å²) in [4.78, 5) is 4.78. The maximum Gasteiger partial charge on any atom is 0.327 e. The minimum Gasteiger partial charge on any atom is -0.351 e. The predicted molar refractivity (Wildman–Crippen MR) is 61.8 cm³/mol. The van der Waals surface area contributed by atoms with Gasteiger partial charge in [0, 0.05) is 5.02 Å². The molecule has 15 heavy (non-hydrogen) atoms. The van der Waals surface area contributed by atoms with Gasteiger partial charge in [-0.25, -0.2) is 0 Å². The average Bonchev–Trinajstić information content (AvgIpc) is 2.51. The lowest BCUT2D eigenvalue weighted by Crippen LogP contribution is -2.28. The van der Waals surface area contributed by atoms with Gasteiger partial charge in [0.05, 0.1) is 5.69 Å². The van der Waals surface area contributed by atoms with E-state index in [1.54, 1.807) is 6.07 Å². The second kappa shape index (κ2) is 4.57. The molecule has 1 aromatic carbocycles. The Morgan fingerprint density at radius 2 is 2.27 bits per heavy atom. The van der Waals surface area contributed by atoms with Crippen molar-refractivity contribution in [2.75, 3.05) is 5.12 Å². The molecule has 1 aliphatic heterocycles. The number of nitrogens with one attached hydrogen (secondary N) is 1. The van der Waals surface area contributed by atoms with Crippen LogP contribution in [0.15, 0.2) is 23.3 Å². The van der Waals surface area contributed by atoms with E-state index in [1.807, 2.05) is 19.1 Å². The number of nitrogens with two attached hydrogens (primary N) is 1. The van der Waals surface area contributed by atoms with E-state index >= 15 is 0 Å². The van der Waals surface area contributed by atoms with Crippen molar-refractivity contribution in [3.63, 3.8) is 0 Å². The Morgan fingerprint density at radius 1 is 1.53 bits per heavy atom. The summed E-state index contributed by atoms with van der Waals surface area (Å²) in [5.74, 6) is 0. The second-order valence-electron chi connectivity index (χ2n) is 2.87. The quantitative estimate of drug-likeness (QED) is 0.792. The lowest BCUT2D eigenvalue weighted by Gasteiger charge is -2.13. The molecule has 0 spiro atoms. The molecule has 0 saturated carbocycles. The molecule has 0 saturated heterocycles. The molecule has 0 aromatic heterocycles. The first kappa shape index (κ1) is 11.9. The number of hydrogen-bond donors (Lipinski definition) is 2. The molecule has 0 radical (unpaired) electrons. The molecule has 1 aliphatic rings. The van der Waals surface area contributed by atoms with E-state index in [0.717, 1.165) is 11.3 Å². The fourth-order valence-corrected chi connectivity index (χ4v) is 1.42. The highest BCUT2D eigenvalue weighted by atomic mass is 35.5. The molecule has 82 valence electrons. The van der Waals surface area contributed by atoms with Crippen molar-refractivity contribution < 1.29 is 4.84 Å². The van der Waals surface area contributed by atoms with Gasteiger partial charge in [-0.3, -0.25) is 0 Å². The molecule has 0 amide bonds. The van der Waals surface area contributed by atoms with Gasteiger partial charge in [-0.15, -0.1) is 12.4 Å². The number of hydrazone groups is 1. The zero-order valence-electron chi connectivity index (χ0n) is 7.90. The van der Waals surface area contributed by atoms with Crippen LogP contribution in [0.4, 0.5) is 5.69 Å². The molecular weight excluding hydrogens is 239 g/mol. The molecule has 0 fully saturated rings. The summed E-state index contributed by atoms with van der Waals surface area (Å²) in [5, 5.41) is 6.03. The van der Waals surface area contributed by atoms with Gasteiger partial charge in [0.2, 0.25) is 0 Å². The number of benzene rings is 1. The number of nitrogens with zero attached hydrogens (tertiary/aromatic N) is 2. The molecule has 0 atom stereocenters. The summed E-state index contributed by atoms with van der Waals surface area (Å²) in [6, 6.07) is 5.52. The number of hydrazine groups is 1. The fraction of sp³-hybridized carbons (Fsp3) is 0.125. The van der Waals surface area contributed by atoms with E-state index in [-0.39, 0.29) is 18.4 Å². The minimum absolute atomic E-state index is 0. The number of rotatable bonds is 1. The molecule has 1 heterocycles. The molecule has 0 bridgehead atoms. The average molecular weight is 249 g/mol. The maximum absolute atomic E-state index is 5.82. The Bertz CT molecular complexity index is 396. The number of halogens is 2. The summed E-state index contributed by atoms with van der Waals surface area (Å²) in [7, 11) is 0. The van der Waals surface area contributed by atoms with E-state index in [2.05, 4.69) is 10.7 Å². The third kappa shape index (κ3) is 2.44. The van der Waals surface area contributed by atoms with E-state index in [4.69, 9.17) is 22.2 Å². The highest BCUT2D eigenvalue weighted by molar-refractivity contribution is 6.30. The van der Waals surface area contributed by atoms with Crippen molar-refractivity contribution in [3.8, 4) is 0 Å². The van der Waals surface area contributed by atoms with Crippen LogP contribution in [0.5, 0.6) is 0 Å². The maximum atomic E-state index is 5.82. The number of aryl methyl sites for hydroxylation is 1. The van der Waals surface area contributed by atoms with Crippen LogP contribution in [0.1, 0.15) is 5.56 Å². The van der Waals surface area contributed by atoms with Crippen LogP contribution >= 0.6 is 24.0 Å². The van der Waals surface area contributed by atoms with Gasteiger partial charge in [0.1, 0.15) is 0 Å². The van der Waals surface area contributed by atoms with Crippen molar-refractivity contribution >= 4 is 35.7 Å². The van der Waals surface area contributed by atoms with Crippen molar-refractivity contribution in [2.24, 2.45) is 10.8 Å². The third-order valence-corrected chi connectivity index (χ3v) is 2.06. The smallest absolute Gasteiger partial charge is 0.327 e. The molecular formula is C8H10Cl2N4O. The van der Waals surface area contributed by atoms with Crippen LogP contribution < -0.4 is 16.4 Å². The van der Waals surface area contributed by atoms with Crippen LogP contribution in [0.3, 0.4) is 0 Å². The standard InChI is InChI=1S/C8H9ClN4O.ClH/c1-5-4-6(9)2-3-7(5)13-11-8(10)14-12-13;/h2-4,12H,1H3,(H2,10,11);1H. The molecule has 5 nitrogen and oxygen atoms in total. The van der Waals surface area contributed by atoms with Crippen LogP contribution in [0.25, 0.3) is 0 Å². The molecule has 7 heteroatoms. The molecule has 3 N–H and O–H groups in total. The monoisotopic (exact) mass is 248 g/mol. The molecule has 0 aliphatic carbocycles. The molecule has 2 rings (SSSR count). The van der Waals surface area contributed by atoms with Crippen LogP contribution in [0, 0.1) is 6.92 Å². The Labute approximate surface area is 98.2 Å². The van der Waals surface area contributed by atoms with Gasteiger partial charge >= 0.3 is 6.02 Å². The summed E-state index contributed by atoms with van der Waals surface area (Å²) in [5.41, 5.74) is 9.71. The van der Waals surface area contributed by atoms with Gasteiger partial charge in [-0.05, 0) is 36.3 Å². The van der Waals surface area contributed by atoms with Crippen molar-refractivity contribution in [1.82, 2.24) is 5.59 Å². The van der Waals surface area contributed by atoms with Crippen molar-refractivity contribution in [1.29, 1.82) is 0 Å². The SMILES string of the molecule is Cc1cc(Cl)ccc1N1N=C(N)ON1.Cl. The Balaban J connectivity index is 0.00000112. The number of amidine groups is 1.